The van der Waals surface area contributed by atoms with E-state index in [-0.39, 0.29) is 0 Å². The summed E-state index contributed by atoms with van der Waals surface area (Å²) in [5.41, 5.74) is 6.82. The normalized spacial score (nSPS) is 11.4. The second-order valence-electron chi connectivity index (χ2n) is 5.60. The second kappa shape index (κ2) is 6.17. The van der Waals surface area contributed by atoms with E-state index in [1.54, 1.807) is 11.3 Å². The number of aromatic nitrogens is 1. The predicted octanol–water partition coefficient (Wildman–Crippen LogP) is 2.82. The van der Waals surface area contributed by atoms with E-state index in [1.165, 1.54) is 0 Å². The fraction of sp³-hybridized carbons (Fsp3) is 0.429. The molecule has 0 radical (unpaired) electrons. The van der Waals surface area contributed by atoms with Crippen LogP contribution in [-0.2, 0) is 4.74 Å². The Kier molecular flexibility index (Phi) is 4.52. The Labute approximate surface area is 127 Å². The van der Waals surface area contributed by atoms with Crippen molar-refractivity contribution in [1.29, 1.82) is 0 Å². The quantitative estimate of drug-likeness (QED) is 0.597. The van der Waals surface area contributed by atoms with E-state index in [0.29, 0.717) is 18.8 Å². The van der Waals surface area contributed by atoms with Crippen molar-refractivity contribution in [2.24, 2.45) is 0 Å². The molecule has 0 spiro atoms. The number of rotatable bonds is 4. The zero-order valence-corrected chi connectivity index (χ0v) is 13.2. The van der Waals surface area contributed by atoms with Gasteiger partial charge in [0.15, 0.2) is 5.13 Å². The third-order valence-electron chi connectivity index (χ3n) is 2.48. The molecule has 1 aromatic carbocycles. The van der Waals surface area contributed by atoms with Gasteiger partial charge in [-0.2, -0.15) is 0 Å². The van der Waals surface area contributed by atoms with Crippen LogP contribution in [0.4, 0.5) is 15.6 Å². The SMILES string of the molecule is CC(C)(C)OC(=O)NCCNc1nc2cc(N)ccc2s1. The molecule has 6 nitrogen and oxygen atoms in total. The topological polar surface area (TPSA) is 89.3 Å². The number of amides is 1. The minimum Gasteiger partial charge on any atom is -0.444 e. The maximum atomic E-state index is 11.5. The van der Waals surface area contributed by atoms with Crippen molar-refractivity contribution in [3.63, 3.8) is 0 Å². The first kappa shape index (κ1) is 15.4. The van der Waals surface area contributed by atoms with Crippen molar-refractivity contribution in [3.05, 3.63) is 18.2 Å². The van der Waals surface area contributed by atoms with Crippen molar-refractivity contribution in [2.75, 3.05) is 24.1 Å². The number of ether oxygens (including phenoxy) is 1. The first-order chi connectivity index (χ1) is 9.83. The fourth-order valence-corrected chi connectivity index (χ4v) is 2.54. The van der Waals surface area contributed by atoms with Crippen LogP contribution in [0.15, 0.2) is 18.2 Å². The summed E-state index contributed by atoms with van der Waals surface area (Å²) < 4.78 is 6.22. The lowest BCUT2D eigenvalue weighted by atomic mass is 10.2. The second-order valence-corrected chi connectivity index (χ2v) is 6.63. The molecule has 2 aromatic rings. The largest absolute Gasteiger partial charge is 0.444 e. The Bertz CT molecular complexity index is 633. The Morgan fingerprint density at radius 2 is 2.14 bits per heavy atom. The minimum atomic E-state index is -0.482. The Morgan fingerprint density at radius 1 is 1.38 bits per heavy atom. The number of hydrogen-bond donors (Lipinski definition) is 3. The van der Waals surface area contributed by atoms with E-state index in [1.807, 2.05) is 39.0 Å². The molecule has 0 unspecified atom stereocenters. The zero-order chi connectivity index (χ0) is 15.5. The van der Waals surface area contributed by atoms with Crippen LogP contribution >= 0.6 is 11.3 Å². The number of nitrogens with zero attached hydrogens (tertiary/aromatic N) is 1. The lowest BCUT2D eigenvalue weighted by molar-refractivity contribution is 0.0530. The third-order valence-corrected chi connectivity index (χ3v) is 3.48. The van der Waals surface area contributed by atoms with Gasteiger partial charge in [-0.1, -0.05) is 11.3 Å². The molecule has 7 heteroatoms. The lowest BCUT2D eigenvalue weighted by Crippen LogP contribution is -2.34. The first-order valence-corrected chi connectivity index (χ1v) is 7.52. The van der Waals surface area contributed by atoms with Gasteiger partial charge in [0.25, 0.3) is 0 Å². The molecular formula is C14H20N4O2S. The predicted molar refractivity (Wildman–Crippen MR) is 86.8 cm³/mol. The Morgan fingerprint density at radius 3 is 2.86 bits per heavy atom. The van der Waals surface area contributed by atoms with Gasteiger partial charge in [0.1, 0.15) is 5.60 Å². The van der Waals surface area contributed by atoms with Gasteiger partial charge in [-0.15, -0.1) is 0 Å². The van der Waals surface area contributed by atoms with Gasteiger partial charge in [-0.25, -0.2) is 9.78 Å². The minimum absolute atomic E-state index is 0.415. The van der Waals surface area contributed by atoms with Gasteiger partial charge < -0.3 is 21.1 Å². The van der Waals surface area contributed by atoms with Crippen LogP contribution in [0.5, 0.6) is 0 Å². The van der Waals surface area contributed by atoms with Crippen LogP contribution in [0, 0.1) is 0 Å². The maximum Gasteiger partial charge on any atom is 0.407 e. The Hall–Kier alpha value is -2.02. The number of nitrogens with two attached hydrogens (primary N) is 1. The standard InChI is InChI=1S/C14H20N4O2S/c1-14(2,3)20-13(19)17-7-6-16-12-18-10-8-9(15)4-5-11(10)21-12/h4-5,8H,6-7,15H2,1-3H3,(H,16,18)(H,17,19). The molecule has 1 heterocycles. The molecule has 21 heavy (non-hydrogen) atoms. The van der Waals surface area contributed by atoms with Gasteiger partial charge in [0.2, 0.25) is 0 Å². The average molecular weight is 308 g/mol. The van der Waals surface area contributed by atoms with Gasteiger partial charge in [0.05, 0.1) is 10.2 Å². The number of carbonyl (C=O) groups is 1. The first-order valence-electron chi connectivity index (χ1n) is 6.70. The van der Waals surface area contributed by atoms with E-state index in [4.69, 9.17) is 10.5 Å². The number of hydrogen-bond acceptors (Lipinski definition) is 6. The fourth-order valence-electron chi connectivity index (χ4n) is 1.67. The molecule has 0 saturated heterocycles. The summed E-state index contributed by atoms with van der Waals surface area (Å²) in [6.45, 7) is 6.54. The highest BCUT2D eigenvalue weighted by Gasteiger charge is 2.15. The van der Waals surface area contributed by atoms with Gasteiger partial charge in [-0.3, -0.25) is 0 Å². The zero-order valence-electron chi connectivity index (χ0n) is 12.4. The number of nitrogens with one attached hydrogen (secondary N) is 2. The molecule has 2 rings (SSSR count). The van der Waals surface area contributed by atoms with Crippen molar-refractivity contribution in [1.82, 2.24) is 10.3 Å². The summed E-state index contributed by atoms with van der Waals surface area (Å²) in [5, 5.41) is 6.66. The van der Waals surface area contributed by atoms with Crippen LogP contribution in [0.25, 0.3) is 10.2 Å². The molecule has 114 valence electrons. The van der Waals surface area contributed by atoms with E-state index < -0.39 is 11.7 Å². The maximum absolute atomic E-state index is 11.5. The summed E-state index contributed by atoms with van der Waals surface area (Å²) in [5.74, 6) is 0. The highest BCUT2D eigenvalue weighted by atomic mass is 32.1. The summed E-state index contributed by atoms with van der Waals surface area (Å²) in [7, 11) is 0. The molecule has 0 bridgehead atoms. The highest BCUT2D eigenvalue weighted by Crippen LogP contribution is 2.26. The third kappa shape index (κ3) is 4.78. The highest BCUT2D eigenvalue weighted by molar-refractivity contribution is 7.22. The molecule has 0 saturated carbocycles. The van der Waals surface area contributed by atoms with Crippen molar-refractivity contribution < 1.29 is 9.53 Å². The average Bonchev–Trinajstić information content (AvgIpc) is 2.74. The van der Waals surface area contributed by atoms with E-state index in [0.717, 1.165) is 15.3 Å². The Balaban J connectivity index is 1.79. The molecule has 1 amide bonds. The lowest BCUT2D eigenvalue weighted by Gasteiger charge is -2.19. The monoisotopic (exact) mass is 308 g/mol. The van der Waals surface area contributed by atoms with Gasteiger partial charge in [-0.05, 0) is 39.0 Å². The molecule has 0 atom stereocenters. The smallest absolute Gasteiger partial charge is 0.407 e. The molecular weight excluding hydrogens is 288 g/mol. The van der Waals surface area contributed by atoms with Crippen LogP contribution < -0.4 is 16.4 Å². The van der Waals surface area contributed by atoms with Crippen molar-refractivity contribution in [3.8, 4) is 0 Å². The van der Waals surface area contributed by atoms with Gasteiger partial charge >= 0.3 is 6.09 Å². The van der Waals surface area contributed by atoms with Crippen LogP contribution in [0.1, 0.15) is 20.8 Å². The van der Waals surface area contributed by atoms with Gasteiger partial charge in [0, 0.05) is 18.8 Å². The molecule has 0 aliphatic heterocycles. The summed E-state index contributed by atoms with van der Waals surface area (Å²) >= 11 is 1.55. The van der Waals surface area contributed by atoms with Crippen LogP contribution in [0.2, 0.25) is 0 Å². The number of thiazole rings is 1. The number of carbonyl (C=O) groups excluding carboxylic acids is 1. The molecule has 0 aliphatic rings. The molecule has 0 aliphatic carbocycles. The number of anilines is 2. The van der Waals surface area contributed by atoms with Crippen molar-refractivity contribution in [2.45, 2.75) is 26.4 Å². The molecule has 1 aromatic heterocycles. The van der Waals surface area contributed by atoms with Crippen molar-refractivity contribution >= 4 is 38.5 Å². The van der Waals surface area contributed by atoms with Crippen LogP contribution in [-0.4, -0.2) is 29.8 Å². The number of nitrogen functional groups attached to an aromatic ring is 1. The number of benzene rings is 1. The summed E-state index contributed by atoms with van der Waals surface area (Å²) in [6.07, 6.45) is -0.415. The number of fused-ring (bicyclic) bond motifs is 1. The molecule has 0 fully saturated rings. The summed E-state index contributed by atoms with van der Waals surface area (Å²) in [4.78, 5) is 15.9. The number of alkyl carbamates (subject to hydrolysis) is 1. The van der Waals surface area contributed by atoms with E-state index in [9.17, 15) is 4.79 Å². The van der Waals surface area contributed by atoms with E-state index >= 15 is 0 Å². The van der Waals surface area contributed by atoms with E-state index in [2.05, 4.69) is 15.6 Å². The summed E-state index contributed by atoms with van der Waals surface area (Å²) in [6, 6.07) is 5.65. The molecule has 4 N–H and O–H groups in total. The van der Waals surface area contributed by atoms with Crippen LogP contribution in [0.3, 0.4) is 0 Å².